The second kappa shape index (κ2) is 7.07. The van der Waals surface area contributed by atoms with Crippen molar-refractivity contribution in [1.82, 2.24) is 15.2 Å². The molecule has 0 unspecified atom stereocenters. The highest BCUT2D eigenvalue weighted by Gasteiger charge is 2.26. The van der Waals surface area contributed by atoms with Crippen LogP contribution in [-0.2, 0) is 4.74 Å². The van der Waals surface area contributed by atoms with Gasteiger partial charge in [-0.05, 0) is 33.8 Å². The van der Waals surface area contributed by atoms with E-state index in [1.54, 1.807) is 12.3 Å². The van der Waals surface area contributed by atoms with Gasteiger partial charge in [-0.1, -0.05) is 0 Å². The molecule has 122 valence electrons. The van der Waals surface area contributed by atoms with E-state index in [2.05, 4.69) is 36.0 Å². The summed E-state index contributed by atoms with van der Waals surface area (Å²) in [6.45, 7) is 10.0. The zero-order valence-electron chi connectivity index (χ0n) is 13.7. The lowest BCUT2D eigenvalue weighted by Crippen LogP contribution is -2.52. The molecule has 6 nitrogen and oxygen atoms in total. The number of carbonyl (C=O) groups excluding carboxylic acids is 2. The Balaban J connectivity index is 1.85. The molecule has 0 aliphatic carbocycles. The highest BCUT2D eigenvalue weighted by molar-refractivity contribution is 5.99. The van der Waals surface area contributed by atoms with Crippen LogP contribution in [0.25, 0.3) is 0 Å². The van der Waals surface area contributed by atoms with Gasteiger partial charge < -0.3 is 15.0 Å². The van der Waals surface area contributed by atoms with E-state index in [1.165, 1.54) is 6.92 Å². The van der Waals surface area contributed by atoms with Crippen molar-refractivity contribution in [1.29, 1.82) is 0 Å². The molecule has 2 rings (SSSR count). The Kier molecular flexibility index (Phi) is 5.37. The normalized spacial score (nSPS) is 24.0. The largest absolute Gasteiger partial charge is 0.373 e. The molecule has 1 fully saturated rings. The topological polar surface area (TPSA) is 74.4 Å². The minimum atomic E-state index is -0.186. The summed E-state index contributed by atoms with van der Waals surface area (Å²) in [5.74, 6) is -0.242. The van der Waals surface area contributed by atoms with Crippen molar-refractivity contribution >= 4 is 11.7 Å². The van der Waals surface area contributed by atoms with Gasteiger partial charge in [-0.3, -0.25) is 14.5 Å². The van der Waals surface area contributed by atoms with E-state index in [0.717, 1.165) is 13.1 Å². The van der Waals surface area contributed by atoms with E-state index in [0.29, 0.717) is 17.8 Å². The summed E-state index contributed by atoms with van der Waals surface area (Å²) in [7, 11) is 0. The van der Waals surface area contributed by atoms with Crippen LogP contribution in [0.3, 0.4) is 0 Å². The quantitative estimate of drug-likeness (QED) is 0.807. The Morgan fingerprint density at radius 3 is 2.59 bits per heavy atom. The second-order valence-corrected chi connectivity index (χ2v) is 6.13. The predicted octanol–water partition coefficient (Wildman–Crippen LogP) is 1.44. The summed E-state index contributed by atoms with van der Waals surface area (Å²) in [6, 6.07) is 1.82. The van der Waals surface area contributed by atoms with Gasteiger partial charge in [0.1, 0.15) is 5.69 Å². The monoisotopic (exact) mass is 307 g/mol. The van der Waals surface area contributed by atoms with E-state index in [-0.39, 0.29) is 29.9 Å². The Morgan fingerprint density at radius 2 is 2.05 bits per heavy atom. The van der Waals surface area contributed by atoms with Gasteiger partial charge in [0.05, 0.1) is 12.2 Å². The number of rotatable bonds is 5. The fraction of sp³-hybridized carbons (Fsp3) is 0.625. The first-order chi connectivity index (χ1) is 10.4. The van der Waals surface area contributed by atoms with Gasteiger partial charge in [0.25, 0.3) is 5.91 Å². The standard InChI is InChI=1S/C16H25N3O3/c1-10(19-8-11(2)22-12(3)9-19)6-18-16(21)15-5-14(7-17-15)13(4)20/h5,7,10-12,17H,6,8-9H2,1-4H3,(H,18,21)/t10-,11+,12+/m0/s1. The average molecular weight is 307 g/mol. The SMILES string of the molecule is CC(=O)c1c[nH]c(C(=O)NC[C@H](C)N2C[C@@H](C)O[C@H](C)C2)c1. The van der Waals surface area contributed by atoms with Gasteiger partial charge in [-0.2, -0.15) is 0 Å². The predicted molar refractivity (Wildman–Crippen MR) is 84.2 cm³/mol. The third-order valence-electron chi connectivity index (χ3n) is 3.96. The molecule has 1 aliphatic heterocycles. The number of nitrogens with one attached hydrogen (secondary N) is 2. The Hall–Kier alpha value is -1.66. The molecule has 2 N–H and O–H groups in total. The van der Waals surface area contributed by atoms with Crippen molar-refractivity contribution in [3.05, 3.63) is 23.5 Å². The maximum atomic E-state index is 12.1. The molecule has 0 aromatic carbocycles. The highest BCUT2D eigenvalue weighted by atomic mass is 16.5. The molecule has 0 radical (unpaired) electrons. The van der Waals surface area contributed by atoms with Crippen LogP contribution in [-0.4, -0.2) is 59.5 Å². The molecular formula is C16H25N3O3. The van der Waals surface area contributed by atoms with Crippen LogP contribution in [0.2, 0.25) is 0 Å². The number of aromatic amines is 1. The lowest BCUT2D eigenvalue weighted by Gasteiger charge is -2.38. The Bertz CT molecular complexity index is 530. The lowest BCUT2D eigenvalue weighted by molar-refractivity contribution is -0.0778. The summed E-state index contributed by atoms with van der Waals surface area (Å²) in [5.41, 5.74) is 0.940. The first-order valence-electron chi connectivity index (χ1n) is 7.74. The zero-order valence-corrected chi connectivity index (χ0v) is 13.7. The molecule has 0 spiro atoms. The first-order valence-corrected chi connectivity index (χ1v) is 7.74. The molecule has 1 saturated heterocycles. The number of nitrogens with zero attached hydrogens (tertiary/aromatic N) is 1. The van der Waals surface area contributed by atoms with Gasteiger partial charge in [0.2, 0.25) is 0 Å². The lowest BCUT2D eigenvalue weighted by atomic mass is 10.1. The summed E-state index contributed by atoms with van der Waals surface area (Å²) >= 11 is 0. The number of ketones is 1. The van der Waals surface area contributed by atoms with E-state index in [1.807, 2.05) is 0 Å². The number of ether oxygens (including phenoxy) is 1. The van der Waals surface area contributed by atoms with E-state index < -0.39 is 0 Å². The average Bonchev–Trinajstić information content (AvgIpc) is 2.93. The van der Waals surface area contributed by atoms with Crippen molar-refractivity contribution in [2.45, 2.75) is 45.9 Å². The van der Waals surface area contributed by atoms with Crippen molar-refractivity contribution < 1.29 is 14.3 Å². The summed E-state index contributed by atoms with van der Waals surface area (Å²) in [6.07, 6.45) is 1.98. The summed E-state index contributed by atoms with van der Waals surface area (Å²) in [4.78, 5) is 28.5. The number of hydrogen-bond acceptors (Lipinski definition) is 4. The highest BCUT2D eigenvalue weighted by Crippen LogP contribution is 2.13. The van der Waals surface area contributed by atoms with Crippen LogP contribution in [0, 0.1) is 0 Å². The fourth-order valence-electron chi connectivity index (χ4n) is 2.77. The number of hydrogen-bond donors (Lipinski definition) is 2. The number of amides is 1. The molecule has 2 heterocycles. The van der Waals surface area contributed by atoms with Gasteiger partial charge in [-0.25, -0.2) is 0 Å². The van der Waals surface area contributed by atoms with Crippen molar-refractivity contribution in [2.75, 3.05) is 19.6 Å². The van der Waals surface area contributed by atoms with Crippen LogP contribution in [0.4, 0.5) is 0 Å². The van der Waals surface area contributed by atoms with Gasteiger partial charge in [0, 0.05) is 37.4 Å². The molecular weight excluding hydrogens is 282 g/mol. The van der Waals surface area contributed by atoms with E-state index >= 15 is 0 Å². The number of aromatic nitrogens is 1. The van der Waals surface area contributed by atoms with Crippen LogP contribution >= 0.6 is 0 Å². The smallest absolute Gasteiger partial charge is 0.267 e. The summed E-state index contributed by atoms with van der Waals surface area (Å²) in [5, 5.41) is 2.91. The van der Waals surface area contributed by atoms with Crippen molar-refractivity contribution in [3.8, 4) is 0 Å². The molecule has 22 heavy (non-hydrogen) atoms. The number of Topliss-reactive ketones (excluding diaryl/α,β-unsaturated/α-hetero) is 1. The first kappa shape index (κ1) is 16.7. The Morgan fingerprint density at radius 1 is 1.41 bits per heavy atom. The van der Waals surface area contributed by atoms with E-state index in [9.17, 15) is 9.59 Å². The van der Waals surface area contributed by atoms with Crippen molar-refractivity contribution in [3.63, 3.8) is 0 Å². The van der Waals surface area contributed by atoms with Crippen LogP contribution in [0.1, 0.15) is 48.5 Å². The third kappa shape index (κ3) is 4.18. The molecule has 0 bridgehead atoms. The fourth-order valence-corrected chi connectivity index (χ4v) is 2.77. The minimum absolute atomic E-state index is 0.0556. The van der Waals surface area contributed by atoms with Gasteiger partial charge in [0.15, 0.2) is 5.78 Å². The van der Waals surface area contributed by atoms with Crippen LogP contribution in [0.15, 0.2) is 12.3 Å². The molecule has 3 atom stereocenters. The number of H-pyrrole nitrogens is 1. The molecule has 6 heteroatoms. The Labute approximate surface area is 131 Å². The maximum Gasteiger partial charge on any atom is 0.267 e. The van der Waals surface area contributed by atoms with Crippen LogP contribution in [0.5, 0.6) is 0 Å². The third-order valence-corrected chi connectivity index (χ3v) is 3.96. The maximum absolute atomic E-state index is 12.1. The molecule has 1 aromatic heterocycles. The number of morpholine rings is 1. The molecule has 1 aromatic rings. The number of carbonyl (C=O) groups is 2. The molecule has 1 amide bonds. The second-order valence-electron chi connectivity index (χ2n) is 6.13. The van der Waals surface area contributed by atoms with Crippen molar-refractivity contribution in [2.24, 2.45) is 0 Å². The molecule has 1 aliphatic rings. The van der Waals surface area contributed by atoms with Gasteiger partial charge in [-0.15, -0.1) is 0 Å². The van der Waals surface area contributed by atoms with Gasteiger partial charge >= 0.3 is 0 Å². The van der Waals surface area contributed by atoms with E-state index in [4.69, 9.17) is 4.74 Å². The minimum Gasteiger partial charge on any atom is -0.373 e. The molecule has 0 saturated carbocycles. The zero-order chi connectivity index (χ0) is 16.3. The summed E-state index contributed by atoms with van der Waals surface area (Å²) < 4.78 is 5.72. The van der Waals surface area contributed by atoms with Crippen LogP contribution < -0.4 is 5.32 Å².